The third kappa shape index (κ3) is 4.17. The predicted octanol–water partition coefficient (Wildman–Crippen LogP) is 1.03. The molecule has 126 valence electrons. The number of aromatic carboxylic acids is 1. The average Bonchev–Trinajstić information content (AvgIpc) is 2.63. The molecule has 0 bridgehead atoms. The van der Waals surface area contributed by atoms with E-state index < -0.39 is 5.97 Å². The topological polar surface area (TPSA) is 97.7 Å². The van der Waals surface area contributed by atoms with Gasteiger partial charge in [-0.1, -0.05) is 6.07 Å². The number of hydrogen-bond acceptors (Lipinski definition) is 7. The number of carboxylic acids is 1. The molecule has 0 spiro atoms. The molecule has 0 aliphatic carbocycles. The maximum Gasteiger partial charge on any atom is 0.354 e. The van der Waals surface area contributed by atoms with Gasteiger partial charge in [-0.05, 0) is 12.1 Å². The number of nitrogens with zero attached hydrogens (tertiary/aromatic N) is 4. The van der Waals surface area contributed by atoms with Gasteiger partial charge in [0.2, 0.25) is 0 Å². The lowest BCUT2D eigenvalue weighted by Gasteiger charge is -2.27. The Kier molecular flexibility index (Phi) is 5.17. The van der Waals surface area contributed by atoms with Crippen LogP contribution >= 0.6 is 0 Å². The smallest absolute Gasteiger partial charge is 0.354 e. The van der Waals surface area contributed by atoms with E-state index in [1.165, 1.54) is 6.07 Å². The maximum absolute atomic E-state index is 11.3. The van der Waals surface area contributed by atoms with Crippen LogP contribution in [-0.4, -0.2) is 58.9 Å². The molecule has 8 nitrogen and oxygen atoms in total. The minimum Gasteiger partial charge on any atom is -0.477 e. The molecule has 0 radical (unpaired) electrons. The molecule has 1 N–H and O–H groups in total. The summed E-state index contributed by atoms with van der Waals surface area (Å²) in [6.07, 6.45) is 2.31. The summed E-state index contributed by atoms with van der Waals surface area (Å²) < 4.78 is 10.9. The van der Waals surface area contributed by atoms with Crippen LogP contribution in [0.25, 0.3) is 0 Å². The zero-order chi connectivity index (χ0) is 16.8. The van der Waals surface area contributed by atoms with Gasteiger partial charge in [0, 0.05) is 37.5 Å². The first kappa shape index (κ1) is 16.1. The first-order valence-corrected chi connectivity index (χ1v) is 7.70. The molecule has 0 amide bonds. The predicted molar refractivity (Wildman–Crippen MR) is 85.5 cm³/mol. The Bertz CT molecular complexity index is 690. The number of aromatic nitrogens is 3. The van der Waals surface area contributed by atoms with E-state index >= 15 is 0 Å². The first-order chi connectivity index (χ1) is 11.7. The highest BCUT2D eigenvalue weighted by molar-refractivity contribution is 5.86. The molecule has 1 aliphatic rings. The van der Waals surface area contributed by atoms with E-state index in [0.29, 0.717) is 45.1 Å². The van der Waals surface area contributed by atoms with Gasteiger partial charge < -0.3 is 19.5 Å². The van der Waals surface area contributed by atoms with Gasteiger partial charge in [0.05, 0.1) is 19.8 Å². The fourth-order valence-corrected chi connectivity index (χ4v) is 2.33. The van der Waals surface area contributed by atoms with Crippen molar-refractivity contribution in [2.45, 2.75) is 6.42 Å². The summed E-state index contributed by atoms with van der Waals surface area (Å²) in [6, 6.07) is 7.17. The maximum atomic E-state index is 11.3. The van der Waals surface area contributed by atoms with Crippen molar-refractivity contribution in [2.75, 3.05) is 37.8 Å². The van der Waals surface area contributed by atoms with Gasteiger partial charge in [0.15, 0.2) is 5.69 Å². The van der Waals surface area contributed by atoms with E-state index in [9.17, 15) is 9.90 Å². The van der Waals surface area contributed by atoms with Crippen LogP contribution in [0.2, 0.25) is 0 Å². The lowest BCUT2D eigenvalue weighted by Crippen LogP contribution is -2.37. The quantitative estimate of drug-likeness (QED) is 0.838. The van der Waals surface area contributed by atoms with Gasteiger partial charge >= 0.3 is 12.0 Å². The van der Waals surface area contributed by atoms with Crippen molar-refractivity contribution >= 4 is 11.8 Å². The zero-order valence-corrected chi connectivity index (χ0v) is 13.1. The minimum absolute atomic E-state index is 0.0623. The Morgan fingerprint density at radius 2 is 2.12 bits per heavy atom. The van der Waals surface area contributed by atoms with Crippen molar-refractivity contribution < 1.29 is 19.4 Å². The van der Waals surface area contributed by atoms with Crippen LogP contribution in [0.3, 0.4) is 0 Å². The largest absolute Gasteiger partial charge is 0.477 e. The van der Waals surface area contributed by atoms with Crippen LogP contribution in [0.5, 0.6) is 6.01 Å². The fraction of sp³-hybridized carbons (Fsp3) is 0.375. The van der Waals surface area contributed by atoms with Crippen LogP contribution in [0.15, 0.2) is 30.5 Å². The van der Waals surface area contributed by atoms with Crippen LogP contribution in [0.4, 0.5) is 5.82 Å². The summed E-state index contributed by atoms with van der Waals surface area (Å²) >= 11 is 0. The molecular weight excluding hydrogens is 312 g/mol. The summed E-state index contributed by atoms with van der Waals surface area (Å²) in [7, 11) is 0. The van der Waals surface area contributed by atoms with Crippen LogP contribution in [0.1, 0.15) is 16.2 Å². The van der Waals surface area contributed by atoms with Crippen LogP contribution in [-0.2, 0) is 11.2 Å². The van der Waals surface area contributed by atoms with E-state index in [1.807, 2.05) is 23.1 Å². The summed E-state index contributed by atoms with van der Waals surface area (Å²) in [4.78, 5) is 25.7. The van der Waals surface area contributed by atoms with E-state index in [-0.39, 0.29) is 11.7 Å². The van der Waals surface area contributed by atoms with Crippen molar-refractivity contribution in [2.24, 2.45) is 0 Å². The Morgan fingerprint density at radius 1 is 1.29 bits per heavy atom. The molecule has 3 rings (SSSR count). The van der Waals surface area contributed by atoms with E-state index in [4.69, 9.17) is 9.47 Å². The van der Waals surface area contributed by atoms with Crippen LogP contribution in [0, 0.1) is 0 Å². The lowest BCUT2D eigenvalue weighted by molar-refractivity contribution is 0.0688. The Labute approximate surface area is 139 Å². The van der Waals surface area contributed by atoms with Crippen molar-refractivity contribution in [3.8, 4) is 6.01 Å². The highest BCUT2D eigenvalue weighted by atomic mass is 16.5. The van der Waals surface area contributed by atoms with Crippen molar-refractivity contribution in [3.05, 3.63) is 41.9 Å². The summed E-state index contributed by atoms with van der Waals surface area (Å²) in [5.74, 6) is -0.569. The zero-order valence-electron chi connectivity index (χ0n) is 13.1. The number of ether oxygens (including phenoxy) is 2. The molecule has 2 aromatic heterocycles. The summed E-state index contributed by atoms with van der Waals surface area (Å²) in [5, 5.41) is 9.24. The molecule has 0 unspecified atom stereocenters. The first-order valence-electron chi connectivity index (χ1n) is 7.70. The summed E-state index contributed by atoms with van der Waals surface area (Å²) in [6.45, 7) is 2.81. The second-order valence-electron chi connectivity index (χ2n) is 5.22. The number of pyridine rings is 1. The molecule has 2 aromatic rings. The van der Waals surface area contributed by atoms with Gasteiger partial charge in [0.1, 0.15) is 5.82 Å². The van der Waals surface area contributed by atoms with Gasteiger partial charge in [0.25, 0.3) is 0 Å². The third-order valence-electron chi connectivity index (χ3n) is 3.56. The molecule has 3 heterocycles. The standard InChI is InChI=1S/C16H18N4O4/c21-15(22)13-11-14(20-6-9-23-10-7-20)19-16(18-13)24-8-4-12-3-1-2-5-17-12/h1-3,5,11H,4,6-10H2,(H,21,22). The molecule has 1 aliphatic heterocycles. The van der Waals surface area contributed by atoms with Gasteiger partial charge in [-0.25, -0.2) is 4.79 Å². The van der Waals surface area contributed by atoms with Crippen molar-refractivity contribution in [3.63, 3.8) is 0 Å². The molecular formula is C16H18N4O4. The van der Waals surface area contributed by atoms with Crippen LogP contribution < -0.4 is 9.64 Å². The fourth-order valence-electron chi connectivity index (χ4n) is 2.33. The molecule has 1 fully saturated rings. The number of rotatable bonds is 6. The average molecular weight is 330 g/mol. The van der Waals surface area contributed by atoms with Gasteiger partial charge in [-0.3, -0.25) is 4.98 Å². The highest BCUT2D eigenvalue weighted by Crippen LogP contribution is 2.18. The highest BCUT2D eigenvalue weighted by Gasteiger charge is 2.18. The normalized spacial score (nSPS) is 14.4. The van der Waals surface area contributed by atoms with Gasteiger partial charge in [-0.15, -0.1) is 0 Å². The number of carboxylic acid groups (broad SMARTS) is 1. The van der Waals surface area contributed by atoms with E-state index in [1.54, 1.807) is 6.20 Å². The SMILES string of the molecule is O=C(O)c1cc(N2CCOCC2)nc(OCCc2ccccn2)n1. The molecule has 0 atom stereocenters. The Balaban J connectivity index is 1.71. The molecule has 24 heavy (non-hydrogen) atoms. The monoisotopic (exact) mass is 330 g/mol. The van der Waals surface area contributed by atoms with Gasteiger partial charge in [-0.2, -0.15) is 9.97 Å². The second-order valence-corrected chi connectivity index (χ2v) is 5.22. The lowest BCUT2D eigenvalue weighted by atomic mass is 10.3. The molecule has 1 saturated heterocycles. The number of hydrogen-bond donors (Lipinski definition) is 1. The second kappa shape index (κ2) is 7.69. The van der Waals surface area contributed by atoms with Crippen molar-refractivity contribution in [1.82, 2.24) is 15.0 Å². The van der Waals surface area contributed by atoms with E-state index in [0.717, 1.165) is 5.69 Å². The number of morpholine rings is 1. The molecule has 0 aromatic carbocycles. The summed E-state index contributed by atoms with van der Waals surface area (Å²) in [5.41, 5.74) is 0.805. The Morgan fingerprint density at radius 3 is 2.83 bits per heavy atom. The Hall–Kier alpha value is -2.74. The third-order valence-corrected chi connectivity index (χ3v) is 3.56. The number of anilines is 1. The minimum atomic E-state index is -1.11. The van der Waals surface area contributed by atoms with E-state index in [2.05, 4.69) is 15.0 Å². The molecule has 0 saturated carbocycles. The number of carbonyl (C=O) groups is 1. The van der Waals surface area contributed by atoms with Crippen molar-refractivity contribution in [1.29, 1.82) is 0 Å². The molecule has 8 heteroatoms.